The highest BCUT2D eigenvalue weighted by Gasteiger charge is 2.23. The number of hydrogen-bond donors (Lipinski definition) is 2. The van der Waals surface area contributed by atoms with Crippen molar-refractivity contribution in [1.82, 2.24) is 0 Å². The Balaban J connectivity index is 1.75. The molecular formula is C24H27N2O3S+. The number of benzene rings is 2. The lowest BCUT2D eigenvalue weighted by Crippen LogP contribution is -2.86. The van der Waals surface area contributed by atoms with Crippen LogP contribution in [0.3, 0.4) is 0 Å². The van der Waals surface area contributed by atoms with E-state index < -0.39 is 5.97 Å². The van der Waals surface area contributed by atoms with Crippen molar-refractivity contribution in [2.45, 2.75) is 26.8 Å². The molecule has 1 amide bonds. The second-order valence-corrected chi connectivity index (χ2v) is 8.01. The summed E-state index contributed by atoms with van der Waals surface area (Å²) < 4.78 is 5.26. The van der Waals surface area contributed by atoms with Crippen LogP contribution in [0.5, 0.6) is 0 Å². The molecule has 1 atom stereocenters. The Labute approximate surface area is 181 Å². The van der Waals surface area contributed by atoms with Gasteiger partial charge in [-0.3, -0.25) is 4.79 Å². The molecule has 3 N–H and O–H groups in total. The van der Waals surface area contributed by atoms with E-state index in [0.29, 0.717) is 10.6 Å². The highest BCUT2D eigenvalue weighted by atomic mass is 32.1. The molecule has 156 valence electrons. The molecule has 3 rings (SSSR count). The van der Waals surface area contributed by atoms with Gasteiger partial charge in [-0.25, -0.2) is 4.79 Å². The summed E-state index contributed by atoms with van der Waals surface area (Å²) in [6.07, 6.45) is 0. The standard InChI is InChI=1S/C24H26N2O3S/c1-4-29-24(28)22-20(19-12-10-16(2)11-13-19)15-30-23(22)26-21(27)14-25-17(3)18-8-6-5-7-9-18/h5-13,15,17,25H,4,14H2,1-3H3,(H,26,27)/p+1/t17-/m0/s1. The summed E-state index contributed by atoms with van der Waals surface area (Å²) in [5.74, 6) is -0.577. The van der Waals surface area contributed by atoms with Crippen LogP contribution in [0.4, 0.5) is 5.00 Å². The fourth-order valence-electron chi connectivity index (χ4n) is 3.16. The number of carbonyl (C=O) groups excluding carboxylic acids is 2. The predicted octanol–water partition coefficient (Wildman–Crippen LogP) is 4.16. The first-order chi connectivity index (χ1) is 14.5. The van der Waals surface area contributed by atoms with Gasteiger partial charge in [0.25, 0.3) is 5.91 Å². The predicted molar refractivity (Wildman–Crippen MR) is 121 cm³/mol. The van der Waals surface area contributed by atoms with Crippen molar-refractivity contribution in [1.29, 1.82) is 0 Å². The molecule has 0 bridgehead atoms. The summed E-state index contributed by atoms with van der Waals surface area (Å²) in [6, 6.07) is 18.2. The molecule has 0 aliphatic carbocycles. The zero-order valence-corrected chi connectivity index (χ0v) is 18.3. The lowest BCUT2D eigenvalue weighted by molar-refractivity contribution is -0.682. The lowest BCUT2D eigenvalue weighted by Gasteiger charge is -2.11. The molecular weight excluding hydrogens is 396 g/mol. The van der Waals surface area contributed by atoms with Gasteiger partial charge in [-0.2, -0.15) is 0 Å². The molecule has 1 aromatic heterocycles. The van der Waals surface area contributed by atoms with Crippen LogP contribution in [0.1, 0.15) is 41.4 Å². The molecule has 0 spiro atoms. The maximum atomic E-state index is 12.6. The first-order valence-electron chi connectivity index (χ1n) is 10.0. The van der Waals surface area contributed by atoms with Gasteiger partial charge < -0.3 is 15.4 Å². The molecule has 5 nitrogen and oxygen atoms in total. The molecule has 0 radical (unpaired) electrons. The average molecular weight is 424 g/mol. The summed E-state index contributed by atoms with van der Waals surface area (Å²) in [6.45, 7) is 6.39. The maximum absolute atomic E-state index is 12.6. The Bertz CT molecular complexity index is 997. The van der Waals surface area contributed by atoms with Gasteiger partial charge in [0, 0.05) is 16.5 Å². The minimum Gasteiger partial charge on any atom is -0.462 e. The average Bonchev–Trinajstić information content (AvgIpc) is 3.17. The Morgan fingerprint density at radius 3 is 2.47 bits per heavy atom. The van der Waals surface area contributed by atoms with E-state index in [2.05, 4.69) is 12.2 Å². The molecule has 0 aliphatic rings. The highest BCUT2D eigenvalue weighted by Crippen LogP contribution is 2.36. The van der Waals surface area contributed by atoms with Gasteiger partial charge in [0.1, 0.15) is 16.6 Å². The number of ether oxygens (including phenoxy) is 1. The van der Waals surface area contributed by atoms with Gasteiger partial charge in [-0.05, 0) is 26.3 Å². The molecule has 1 heterocycles. The van der Waals surface area contributed by atoms with Gasteiger partial charge in [-0.15, -0.1) is 11.3 Å². The first-order valence-corrected chi connectivity index (χ1v) is 10.9. The number of amides is 1. The lowest BCUT2D eigenvalue weighted by atomic mass is 10.0. The topological polar surface area (TPSA) is 72.0 Å². The van der Waals surface area contributed by atoms with E-state index in [1.807, 2.05) is 72.2 Å². The Morgan fingerprint density at radius 2 is 1.80 bits per heavy atom. The quantitative estimate of drug-likeness (QED) is 0.534. The van der Waals surface area contributed by atoms with Crippen molar-refractivity contribution in [3.8, 4) is 11.1 Å². The van der Waals surface area contributed by atoms with Crippen molar-refractivity contribution < 1.29 is 19.6 Å². The number of anilines is 1. The third kappa shape index (κ3) is 5.34. The zero-order chi connectivity index (χ0) is 21.5. The van der Waals surface area contributed by atoms with Gasteiger partial charge >= 0.3 is 5.97 Å². The zero-order valence-electron chi connectivity index (χ0n) is 17.5. The number of nitrogens with two attached hydrogens (primary N) is 1. The monoisotopic (exact) mass is 423 g/mol. The van der Waals surface area contributed by atoms with Crippen LogP contribution in [0.2, 0.25) is 0 Å². The van der Waals surface area contributed by atoms with E-state index in [1.165, 1.54) is 11.3 Å². The van der Waals surface area contributed by atoms with Crippen LogP contribution in [0, 0.1) is 6.92 Å². The van der Waals surface area contributed by atoms with Crippen LogP contribution >= 0.6 is 11.3 Å². The van der Waals surface area contributed by atoms with E-state index in [0.717, 1.165) is 22.3 Å². The van der Waals surface area contributed by atoms with Crippen molar-refractivity contribution in [3.63, 3.8) is 0 Å². The fourth-order valence-corrected chi connectivity index (χ4v) is 4.13. The van der Waals surface area contributed by atoms with E-state index in [4.69, 9.17) is 4.74 Å². The normalized spacial score (nSPS) is 11.7. The van der Waals surface area contributed by atoms with Crippen LogP contribution in [-0.4, -0.2) is 25.0 Å². The summed E-state index contributed by atoms with van der Waals surface area (Å²) in [7, 11) is 0. The van der Waals surface area contributed by atoms with Crippen LogP contribution < -0.4 is 10.6 Å². The van der Waals surface area contributed by atoms with E-state index in [1.54, 1.807) is 6.92 Å². The summed E-state index contributed by atoms with van der Waals surface area (Å²) >= 11 is 1.34. The number of esters is 1. The summed E-state index contributed by atoms with van der Waals surface area (Å²) in [5, 5.41) is 7.30. The molecule has 2 aromatic carbocycles. The van der Waals surface area contributed by atoms with Crippen molar-refractivity contribution in [2.75, 3.05) is 18.5 Å². The number of carbonyl (C=O) groups is 2. The largest absolute Gasteiger partial charge is 0.462 e. The van der Waals surface area contributed by atoms with E-state index in [-0.39, 0.29) is 25.1 Å². The molecule has 0 saturated carbocycles. The number of rotatable bonds is 8. The summed E-state index contributed by atoms with van der Waals surface area (Å²) in [5.41, 5.74) is 4.41. The molecule has 0 saturated heterocycles. The molecule has 0 aliphatic heterocycles. The van der Waals surface area contributed by atoms with Gasteiger partial charge in [0.2, 0.25) is 0 Å². The Morgan fingerprint density at radius 1 is 1.10 bits per heavy atom. The number of thiophene rings is 1. The van der Waals surface area contributed by atoms with Gasteiger partial charge in [0.15, 0.2) is 6.54 Å². The molecule has 0 unspecified atom stereocenters. The summed E-state index contributed by atoms with van der Waals surface area (Å²) in [4.78, 5) is 25.2. The van der Waals surface area contributed by atoms with Crippen LogP contribution in [-0.2, 0) is 9.53 Å². The third-order valence-corrected chi connectivity index (χ3v) is 5.76. The number of hydrogen-bond acceptors (Lipinski definition) is 4. The van der Waals surface area contributed by atoms with E-state index >= 15 is 0 Å². The number of quaternary nitrogens is 1. The second kappa shape index (κ2) is 10.2. The molecule has 3 aromatic rings. The highest BCUT2D eigenvalue weighted by molar-refractivity contribution is 7.15. The van der Waals surface area contributed by atoms with Crippen molar-refractivity contribution >= 4 is 28.2 Å². The maximum Gasteiger partial charge on any atom is 0.341 e. The number of nitrogens with one attached hydrogen (secondary N) is 1. The molecule has 6 heteroatoms. The smallest absolute Gasteiger partial charge is 0.341 e. The third-order valence-electron chi connectivity index (χ3n) is 4.87. The van der Waals surface area contributed by atoms with Crippen molar-refractivity contribution in [3.05, 3.63) is 76.7 Å². The first kappa shape index (κ1) is 21.7. The SMILES string of the molecule is CCOC(=O)c1c(-c2ccc(C)cc2)csc1NC(=O)C[NH2+][C@@H](C)c1ccccc1. The fraction of sp³-hybridized carbons (Fsp3) is 0.250. The molecule has 0 fully saturated rings. The second-order valence-electron chi connectivity index (χ2n) is 7.13. The van der Waals surface area contributed by atoms with Crippen LogP contribution in [0.15, 0.2) is 60.0 Å². The molecule has 30 heavy (non-hydrogen) atoms. The van der Waals surface area contributed by atoms with Crippen molar-refractivity contribution in [2.24, 2.45) is 0 Å². The number of aryl methyl sites for hydroxylation is 1. The van der Waals surface area contributed by atoms with Crippen LogP contribution in [0.25, 0.3) is 11.1 Å². The van der Waals surface area contributed by atoms with E-state index in [9.17, 15) is 9.59 Å². The van der Waals surface area contributed by atoms with Gasteiger partial charge in [0.05, 0.1) is 6.61 Å². The Kier molecular flexibility index (Phi) is 7.38. The minimum atomic E-state index is -0.425. The Hall–Kier alpha value is -2.96. The minimum absolute atomic E-state index is 0.152. The van der Waals surface area contributed by atoms with Gasteiger partial charge in [-0.1, -0.05) is 60.2 Å².